The lowest BCUT2D eigenvalue weighted by atomic mass is 10.1. The van der Waals surface area contributed by atoms with Gasteiger partial charge in [0.15, 0.2) is 0 Å². The van der Waals surface area contributed by atoms with Crippen LogP contribution < -0.4 is 0 Å². The number of nitrogens with zero attached hydrogens (tertiary/aromatic N) is 2. The summed E-state index contributed by atoms with van der Waals surface area (Å²) in [6, 6.07) is 1.73. The smallest absolute Gasteiger partial charge is 0.270 e. The van der Waals surface area contributed by atoms with Crippen LogP contribution in [0.15, 0.2) is 12.3 Å². The van der Waals surface area contributed by atoms with Gasteiger partial charge in [0.2, 0.25) is 0 Å². The number of hydrogen-bond donors (Lipinski definition) is 0. The van der Waals surface area contributed by atoms with Gasteiger partial charge in [0.25, 0.3) is 5.91 Å². The normalized spacial score (nSPS) is 19.1. The lowest BCUT2D eigenvalue weighted by molar-refractivity contribution is 0.0746. The molecule has 0 aliphatic carbocycles. The molecule has 1 aromatic heterocycles. The predicted octanol–water partition coefficient (Wildman–Crippen LogP) is 2.57. The van der Waals surface area contributed by atoms with Gasteiger partial charge >= 0.3 is 0 Å². The van der Waals surface area contributed by atoms with Gasteiger partial charge in [-0.3, -0.25) is 4.79 Å². The maximum Gasteiger partial charge on any atom is 0.270 e. The van der Waals surface area contributed by atoms with E-state index < -0.39 is 0 Å². The van der Waals surface area contributed by atoms with Crippen molar-refractivity contribution in [3.05, 3.63) is 23.0 Å². The maximum atomic E-state index is 12.4. The van der Waals surface area contributed by atoms with Crippen LogP contribution in [-0.2, 0) is 11.8 Å². The molecule has 1 aromatic rings. The zero-order valence-corrected chi connectivity index (χ0v) is 12.3. The van der Waals surface area contributed by atoms with E-state index in [0.717, 1.165) is 39.1 Å². The van der Waals surface area contributed by atoms with Crippen LogP contribution in [0.5, 0.6) is 0 Å². The standard InChI is InChI=1S/C14H21ClN2O2/c1-3-6-19-10-11-4-5-17(8-11)14(18)13-7-12(15)9-16(13)2/h7,9,11H,3-6,8,10H2,1-2H3/t11-/m1/s1. The molecule has 0 radical (unpaired) electrons. The summed E-state index contributed by atoms with van der Waals surface area (Å²) < 4.78 is 7.35. The second-order valence-electron chi connectivity index (χ2n) is 5.14. The second-order valence-corrected chi connectivity index (χ2v) is 5.57. The average Bonchev–Trinajstić information content (AvgIpc) is 2.96. The molecule has 0 bridgehead atoms. The Hall–Kier alpha value is -1.00. The van der Waals surface area contributed by atoms with Crippen molar-refractivity contribution in [2.24, 2.45) is 13.0 Å². The fourth-order valence-corrected chi connectivity index (χ4v) is 2.70. The van der Waals surface area contributed by atoms with E-state index >= 15 is 0 Å². The molecule has 0 N–H and O–H groups in total. The minimum Gasteiger partial charge on any atom is -0.381 e. The van der Waals surface area contributed by atoms with Crippen LogP contribution >= 0.6 is 11.6 Å². The van der Waals surface area contributed by atoms with E-state index in [4.69, 9.17) is 16.3 Å². The molecule has 106 valence electrons. The highest BCUT2D eigenvalue weighted by Crippen LogP contribution is 2.21. The van der Waals surface area contributed by atoms with Crippen molar-refractivity contribution >= 4 is 17.5 Å². The summed E-state index contributed by atoms with van der Waals surface area (Å²) in [5.74, 6) is 0.527. The first-order valence-electron chi connectivity index (χ1n) is 6.80. The molecule has 0 saturated carbocycles. The lowest BCUT2D eigenvalue weighted by Gasteiger charge is -2.17. The Bertz CT molecular complexity index is 445. The van der Waals surface area contributed by atoms with Crippen LogP contribution in [0.4, 0.5) is 0 Å². The number of aromatic nitrogens is 1. The van der Waals surface area contributed by atoms with Crippen molar-refractivity contribution in [2.75, 3.05) is 26.3 Å². The molecule has 1 fully saturated rings. The van der Waals surface area contributed by atoms with E-state index in [1.807, 2.05) is 11.9 Å². The van der Waals surface area contributed by atoms with Crippen LogP contribution in [0.25, 0.3) is 0 Å². The van der Waals surface area contributed by atoms with Crippen LogP contribution in [0.1, 0.15) is 30.3 Å². The zero-order valence-electron chi connectivity index (χ0n) is 11.6. The number of likely N-dealkylation sites (tertiary alicyclic amines) is 1. The summed E-state index contributed by atoms with van der Waals surface area (Å²) >= 11 is 5.92. The summed E-state index contributed by atoms with van der Waals surface area (Å²) in [6.07, 6.45) is 3.82. The van der Waals surface area contributed by atoms with Gasteiger partial charge < -0.3 is 14.2 Å². The lowest BCUT2D eigenvalue weighted by Crippen LogP contribution is -2.30. The summed E-state index contributed by atoms with van der Waals surface area (Å²) in [5, 5.41) is 0.605. The number of amides is 1. The van der Waals surface area contributed by atoms with Crippen molar-refractivity contribution in [3.8, 4) is 0 Å². The number of ether oxygens (including phenoxy) is 1. The van der Waals surface area contributed by atoms with Crippen molar-refractivity contribution in [3.63, 3.8) is 0 Å². The predicted molar refractivity (Wildman–Crippen MR) is 75.5 cm³/mol. The van der Waals surface area contributed by atoms with E-state index in [1.54, 1.807) is 16.8 Å². The maximum absolute atomic E-state index is 12.4. The number of halogens is 1. The molecule has 5 heteroatoms. The molecule has 2 heterocycles. The fourth-order valence-electron chi connectivity index (χ4n) is 2.45. The molecular weight excluding hydrogens is 264 g/mol. The molecule has 4 nitrogen and oxygen atoms in total. The van der Waals surface area contributed by atoms with E-state index in [2.05, 4.69) is 6.92 Å². The Morgan fingerprint density at radius 3 is 3.00 bits per heavy atom. The minimum absolute atomic E-state index is 0.0624. The SMILES string of the molecule is CCCOC[C@@H]1CCN(C(=O)c2cc(Cl)cn2C)C1. The summed E-state index contributed by atoms with van der Waals surface area (Å²) in [4.78, 5) is 14.3. The molecule has 2 rings (SSSR count). The van der Waals surface area contributed by atoms with Crippen molar-refractivity contribution in [1.82, 2.24) is 9.47 Å². The molecule has 0 aromatic carbocycles. The first-order valence-corrected chi connectivity index (χ1v) is 7.18. The Balaban J connectivity index is 1.90. The van der Waals surface area contributed by atoms with Crippen molar-refractivity contribution < 1.29 is 9.53 Å². The fraction of sp³-hybridized carbons (Fsp3) is 0.643. The molecular formula is C14H21ClN2O2. The highest BCUT2D eigenvalue weighted by Gasteiger charge is 2.28. The first-order chi connectivity index (χ1) is 9.11. The molecule has 1 atom stereocenters. The summed E-state index contributed by atoms with van der Waals surface area (Å²) in [7, 11) is 1.84. The molecule has 1 aliphatic rings. The van der Waals surface area contributed by atoms with Crippen molar-refractivity contribution in [2.45, 2.75) is 19.8 Å². The van der Waals surface area contributed by atoms with Gasteiger partial charge in [0.05, 0.1) is 11.6 Å². The van der Waals surface area contributed by atoms with Crippen LogP contribution in [-0.4, -0.2) is 41.7 Å². The Morgan fingerprint density at radius 2 is 2.37 bits per heavy atom. The molecule has 0 spiro atoms. The van der Waals surface area contributed by atoms with Crippen LogP contribution in [0, 0.1) is 5.92 Å². The third kappa shape index (κ3) is 3.51. The van der Waals surface area contributed by atoms with Gasteiger partial charge in [-0.2, -0.15) is 0 Å². The van der Waals surface area contributed by atoms with E-state index in [-0.39, 0.29) is 5.91 Å². The number of aryl methyl sites for hydroxylation is 1. The number of carbonyl (C=O) groups is 1. The number of carbonyl (C=O) groups excluding carboxylic acids is 1. The van der Waals surface area contributed by atoms with Crippen LogP contribution in [0.2, 0.25) is 5.02 Å². The first kappa shape index (κ1) is 14.4. The van der Waals surface area contributed by atoms with Crippen LogP contribution in [0.3, 0.4) is 0 Å². The number of rotatable bonds is 5. The van der Waals surface area contributed by atoms with E-state index in [0.29, 0.717) is 16.6 Å². The second kappa shape index (κ2) is 6.44. The van der Waals surface area contributed by atoms with Gasteiger partial charge in [-0.25, -0.2) is 0 Å². The van der Waals surface area contributed by atoms with Gasteiger partial charge in [-0.15, -0.1) is 0 Å². The Morgan fingerprint density at radius 1 is 1.58 bits per heavy atom. The molecule has 0 unspecified atom stereocenters. The van der Waals surface area contributed by atoms with E-state index in [1.165, 1.54) is 0 Å². The summed E-state index contributed by atoms with van der Waals surface area (Å²) in [5.41, 5.74) is 0.653. The third-order valence-corrected chi connectivity index (χ3v) is 3.67. The molecule has 1 aliphatic heterocycles. The third-order valence-electron chi connectivity index (χ3n) is 3.47. The van der Waals surface area contributed by atoms with Crippen molar-refractivity contribution in [1.29, 1.82) is 0 Å². The molecule has 1 saturated heterocycles. The van der Waals surface area contributed by atoms with Gasteiger partial charge in [0, 0.05) is 38.9 Å². The quantitative estimate of drug-likeness (QED) is 0.779. The molecule has 19 heavy (non-hydrogen) atoms. The van der Waals surface area contributed by atoms with E-state index in [9.17, 15) is 4.79 Å². The largest absolute Gasteiger partial charge is 0.381 e. The Labute approximate surface area is 119 Å². The monoisotopic (exact) mass is 284 g/mol. The summed E-state index contributed by atoms with van der Waals surface area (Å²) in [6.45, 7) is 5.25. The zero-order chi connectivity index (χ0) is 13.8. The van der Waals surface area contributed by atoms with Gasteiger partial charge in [-0.05, 0) is 18.9 Å². The van der Waals surface area contributed by atoms with Gasteiger partial charge in [-0.1, -0.05) is 18.5 Å². The minimum atomic E-state index is 0.0624. The average molecular weight is 285 g/mol. The highest BCUT2D eigenvalue weighted by molar-refractivity contribution is 6.31. The highest BCUT2D eigenvalue weighted by atomic mass is 35.5. The topological polar surface area (TPSA) is 34.5 Å². The number of hydrogen-bond acceptors (Lipinski definition) is 2. The van der Waals surface area contributed by atoms with Gasteiger partial charge in [0.1, 0.15) is 5.69 Å². The molecule has 1 amide bonds. The Kier molecular flexibility index (Phi) is 4.88.